The van der Waals surface area contributed by atoms with E-state index in [-0.39, 0.29) is 23.7 Å². The van der Waals surface area contributed by atoms with Gasteiger partial charge in [0, 0.05) is 6.42 Å². The van der Waals surface area contributed by atoms with Gasteiger partial charge >= 0.3 is 0 Å². The quantitative estimate of drug-likeness (QED) is 0.781. The fraction of sp³-hybridized carbons (Fsp3) is 0.333. The maximum Gasteiger partial charge on any atom is 0.298 e. The Labute approximate surface area is 88.1 Å². The Morgan fingerprint density at radius 2 is 2.07 bits per heavy atom. The first-order valence-electron chi connectivity index (χ1n) is 4.22. The lowest BCUT2D eigenvalue weighted by Gasteiger charge is -2.10. The topological polar surface area (TPSA) is 83.5 Å². The van der Waals surface area contributed by atoms with Crippen molar-refractivity contribution in [2.45, 2.75) is 11.3 Å². The van der Waals surface area contributed by atoms with Gasteiger partial charge in [0.05, 0.1) is 13.7 Å². The molecule has 0 atom stereocenters. The maximum absolute atomic E-state index is 11.0. The van der Waals surface area contributed by atoms with Gasteiger partial charge in [-0.05, 0) is 11.6 Å². The van der Waals surface area contributed by atoms with E-state index in [1.54, 1.807) is 6.07 Å². The van der Waals surface area contributed by atoms with Crippen LogP contribution >= 0.6 is 0 Å². The largest absolute Gasteiger partial charge is 0.495 e. The Hall–Kier alpha value is -1.11. The molecule has 5 nitrogen and oxygen atoms in total. The number of hydrogen-bond donors (Lipinski definition) is 1. The minimum atomic E-state index is -4.31. The third-order valence-electron chi connectivity index (χ3n) is 1.91. The molecule has 0 aromatic heterocycles. The van der Waals surface area contributed by atoms with Gasteiger partial charge in [0.25, 0.3) is 10.1 Å². The highest BCUT2D eigenvalue weighted by atomic mass is 32.2. The number of rotatable bonds is 4. The summed E-state index contributed by atoms with van der Waals surface area (Å²) in [6, 6.07) is 4.27. The van der Waals surface area contributed by atoms with Crippen molar-refractivity contribution in [1.29, 1.82) is 0 Å². The van der Waals surface area contributed by atoms with E-state index >= 15 is 0 Å². The van der Waals surface area contributed by atoms with Crippen LogP contribution in [-0.2, 0) is 21.6 Å². The summed E-state index contributed by atoms with van der Waals surface area (Å²) >= 11 is 0. The fourth-order valence-electron chi connectivity index (χ4n) is 1.30. The lowest BCUT2D eigenvalue weighted by atomic mass is 10.1. The second-order valence-electron chi connectivity index (χ2n) is 2.88. The van der Waals surface area contributed by atoms with Crippen LogP contribution in [0.5, 0.6) is 5.75 Å². The van der Waals surface area contributed by atoms with Gasteiger partial charge in [0.15, 0.2) is 0 Å². The van der Waals surface area contributed by atoms with E-state index in [4.69, 9.17) is 9.29 Å². The highest BCUT2D eigenvalue weighted by Gasteiger charge is 2.18. The number of hydrogen-bond acceptors (Lipinski definition) is 3. The van der Waals surface area contributed by atoms with Crippen molar-refractivity contribution in [3.8, 4) is 5.75 Å². The molecule has 0 aliphatic carbocycles. The van der Waals surface area contributed by atoms with Crippen molar-refractivity contribution >= 4 is 10.1 Å². The summed E-state index contributed by atoms with van der Waals surface area (Å²) < 4.78 is 35.7. The predicted molar refractivity (Wildman–Crippen MR) is 52.1 cm³/mol. The number of ether oxygens (including phenoxy) is 1. The van der Waals surface area contributed by atoms with Crippen molar-refractivity contribution < 1.29 is 22.8 Å². The molecule has 0 aliphatic rings. The lowest BCUT2D eigenvalue weighted by molar-refractivity contribution is 0.196. The summed E-state index contributed by atoms with van der Waals surface area (Å²) in [5.41, 5.74) is 0.475. The van der Waals surface area contributed by atoms with E-state index in [0.29, 0.717) is 5.56 Å². The molecule has 1 N–H and O–H groups in total. The Morgan fingerprint density at radius 1 is 1.40 bits per heavy atom. The molecule has 1 aromatic rings. The first-order valence-corrected chi connectivity index (χ1v) is 5.66. The molecule has 0 aliphatic heterocycles. The highest BCUT2D eigenvalue weighted by Crippen LogP contribution is 2.27. The third-order valence-corrected chi connectivity index (χ3v) is 2.79. The molecule has 83 valence electrons. The van der Waals surface area contributed by atoms with Crippen molar-refractivity contribution in [3.05, 3.63) is 23.8 Å². The molecule has 0 saturated carbocycles. The first-order chi connectivity index (χ1) is 7.00. The van der Waals surface area contributed by atoms with E-state index in [1.165, 1.54) is 19.2 Å². The van der Waals surface area contributed by atoms with Crippen LogP contribution in [-0.4, -0.2) is 26.7 Å². The smallest absolute Gasteiger partial charge is 0.298 e. The molecular weight excluding hydrogens is 220 g/mol. The zero-order valence-corrected chi connectivity index (χ0v) is 8.95. The molecular formula is C9H11O5S. The summed E-state index contributed by atoms with van der Waals surface area (Å²) in [5.74, 6) is 0.0378. The van der Waals surface area contributed by atoms with Crippen LogP contribution in [0.3, 0.4) is 0 Å². The number of benzene rings is 1. The Kier molecular flexibility index (Phi) is 3.67. The van der Waals surface area contributed by atoms with Gasteiger partial charge in [-0.2, -0.15) is 8.42 Å². The molecule has 0 bridgehead atoms. The molecule has 0 fully saturated rings. The van der Waals surface area contributed by atoms with Crippen LogP contribution in [0.4, 0.5) is 0 Å². The minimum Gasteiger partial charge on any atom is -0.495 e. The number of methoxy groups -OCH3 is 1. The molecule has 6 heteroatoms. The SMILES string of the molecule is COc1c(CC[O])cccc1S(=O)(=O)O. The molecule has 0 saturated heterocycles. The lowest BCUT2D eigenvalue weighted by Crippen LogP contribution is -2.04. The monoisotopic (exact) mass is 231 g/mol. The second kappa shape index (κ2) is 4.61. The van der Waals surface area contributed by atoms with Crippen LogP contribution in [0.2, 0.25) is 0 Å². The molecule has 15 heavy (non-hydrogen) atoms. The maximum atomic E-state index is 11.0. The van der Waals surface area contributed by atoms with E-state index in [9.17, 15) is 13.5 Å². The fourth-order valence-corrected chi connectivity index (χ4v) is 2.00. The molecule has 1 radical (unpaired) electrons. The standard InChI is InChI=1S/C9H11O5S/c1-14-9-7(5-6-10)3-2-4-8(9)15(11,12)13/h2-4H,5-6H2,1H3,(H,11,12,13). The van der Waals surface area contributed by atoms with Crippen molar-refractivity contribution in [2.75, 3.05) is 13.7 Å². The zero-order valence-electron chi connectivity index (χ0n) is 8.13. The van der Waals surface area contributed by atoms with Gasteiger partial charge in [-0.1, -0.05) is 12.1 Å². The van der Waals surface area contributed by atoms with Gasteiger partial charge < -0.3 is 4.74 Å². The summed E-state index contributed by atoms with van der Waals surface area (Å²) in [4.78, 5) is -0.309. The summed E-state index contributed by atoms with van der Waals surface area (Å²) in [6.07, 6.45) is 0.159. The molecule has 0 amide bonds. The molecule has 0 spiro atoms. The van der Waals surface area contributed by atoms with Crippen LogP contribution in [0.25, 0.3) is 0 Å². The Bertz CT molecular complexity index is 438. The Balaban J connectivity index is 3.35. The second-order valence-corrected chi connectivity index (χ2v) is 4.27. The van der Waals surface area contributed by atoms with Gasteiger partial charge in [-0.25, -0.2) is 5.11 Å². The summed E-state index contributed by atoms with van der Waals surface area (Å²) in [5, 5.41) is 10.5. The van der Waals surface area contributed by atoms with E-state index in [2.05, 4.69) is 0 Å². The zero-order chi connectivity index (χ0) is 11.5. The van der Waals surface area contributed by atoms with E-state index in [1.807, 2.05) is 0 Å². The van der Waals surface area contributed by atoms with Crippen LogP contribution in [0.15, 0.2) is 23.1 Å². The van der Waals surface area contributed by atoms with Crippen LogP contribution in [0.1, 0.15) is 5.56 Å². The molecule has 0 heterocycles. The predicted octanol–water partition coefficient (Wildman–Crippen LogP) is 0.915. The van der Waals surface area contributed by atoms with Gasteiger partial charge in [0.2, 0.25) is 0 Å². The highest BCUT2D eigenvalue weighted by molar-refractivity contribution is 7.86. The summed E-state index contributed by atoms with van der Waals surface area (Å²) in [7, 11) is -3.02. The molecule has 1 aromatic carbocycles. The van der Waals surface area contributed by atoms with Crippen molar-refractivity contribution in [1.82, 2.24) is 0 Å². The van der Waals surface area contributed by atoms with Crippen LogP contribution in [0, 0.1) is 0 Å². The number of para-hydroxylation sites is 1. The van der Waals surface area contributed by atoms with Crippen molar-refractivity contribution in [3.63, 3.8) is 0 Å². The van der Waals surface area contributed by atoms with E-state index in [0.717, 1.165) is 0 Å². The average molecular weight is 231 g/mol. The average Bonchev–Trinajstić information content (AvgIpc) is 2.16. The molecule has 1 rings (SSSR count). The van der Waals surface area contributed by atoms with E-state index < -0.39 is 10.1 Å². The van der Waals surface area contributed by atoms with Gasteiger partial charge in [-0.3, -0.25) is 4.55 Å². The normalized spacial score (nSPS) is 11.4. The van der Waals surface area contributed by atoms with Crippen LogP contribution < -0.4 is 4.74 Å². The molecule has 0 unspecified atom stereocenters. The third kappa shape index (κ3) is 2.68. The van der Waals surface area contributed by atoms with Gasteiger partial charge in [0.1, 0.15) is 10.6 Å². The minimum absolute atomic E-state index is 0.0378. The summed E-state index contributed by atoms with van der Waals surface area (Å²) in [6.45, 7) is -0.370. The van der Waals surface area contributed by atoms with Crippen molar-refractivity contribution in [2.24, 2.45) is 0 Å². The first kappa shape index (κ1) is 12.0. The van der Waals surface area contributed by atoms with Gasteiger partial charge in [-0.15, -0.1) is 0 Å². The Morgan fingerprint density at radius 3 is 2.53 bits per heavy atom.